The fourth-order valence-corrected chi connectivity index (χ4v) is 6.05. The summed E-state index contributed by atoms with van der Waals surface area (Å²) in [4.78, 5) is 32.7. The van der Waals surface area contributed by atoms with Crippen LogP contribution in [-0.2, 0) is 21.5 Å². The summed E-state index contributed by atoms with van der Waals surface area (Å²) in [6, 6.07) is 19.0. The van der Waals surface area contributed by atoms with Crippen molar-refractivity contribution in [3.05, 3.63) is 106 Å². The lowest BCUT2D eigenvalue weighted by Crippen LogP contribution is -2.42. The average molecular weight is 578 g/mol. The van der Waals surface area contributed by atoms with Crippen molar-refractivity contribution in [2.75, 3.05) is 17.2 Å². The number of amides is 2. The Labute approximate surface area is 241 Å². The first-order valence-corrected chi connectivity index (χ1v) is 14.3. The molecule has 2 aromatic heterocycles. The second-order valence-corrected chi connectivity index (χ2v) is 12.1. The lowest BCUT2D eigenvalue weighted by atomic mass is 9.87. The molecule has 0 bridgehead atoms. The zero-order chi connectivity index (χ0) is 28.4. The van der Waals surface area contributed by atoms with Gasteiger partial charge in [-0.15, -0.1) is 11.8 Å². The van der Waals surface area contributed by atoms with Crippen LogP contribution < -0.4 is 10.2 Å². The minimum Gasteiger partial charge on any atom is -0.349 e. The van der Waals surface area contributed by atoms with Gasteiger partial charge in [0.15, 0.2) is 0 Å². The monoisotopic (exact) mass is 577 g/mol. The van der Waals surface area contributed by atoms with Crippen LogP contribution in [0.1, 0.15) is 48.5 Å². The van der Waals surface area contributed by atoms with E-state index in [-0.39, 0.29) is 41.7 Å². The van der Waals surface area contributed by atoms with Crippen LogP contribution in [0.2, 0.25) is 5.02 Å². The Hall–Kier alpha value is -3.69. The number of fused-ring (bicyclic) bond motifs is 1. The van der Waals surface area contributed by atoms with Crippen LogP contribution in [0.5, 0.6) is 0 Å². The number of carbonyl (C=O) groups excluding carboxylic acids is 2. The van der Waals surface area contributed by atoms with Crippen LogP contribution in [0.15, 0.2) is 72.9 Å². The number of hydrogen-bond acceptors (Lipinski definition) is 5. The van der Waals surface area contributed by atoms with E-state index in [4.69, 9.17) is 16.7 Å². The number of hydrogen-bond donors (Lipinski definition) is 1. The zero-order valence-corrected chi connectivity index (χ0v) is 24.0. The molecule has 40 heavy (non-hydrogen) atoms. The molecule has 5 rings (SSSR count). The average Bonchev–Trinajstić information content (AvgIpc) is 3.26. The number of nitrogens with zero attached hydrogens (tertiary/aromatic N) is 4. The zero-order valence-electron chi connectivity index (χ0n) is 22.4. The molecule has 0 saturated heterocycles. The molecule has 2 aromatic carbocycles. The first-order chi connectivity index (χ1) is 19.1. The normalized spacial score (nSPS) is 15.5. The molecule has 0 aliphatic carbocycles. The molecule has 1 N–H and O–H groups in total. The molecule has 0 spiro atoms. The van der Waals surface area contributed by atoms with E-state index in [0.717, 1.165) is 16.8 Å². The smallest absolute Gasteiger partial charge is 0.240 e. The topological polar surface area (TPSA) is 80.1 Å². The maximum atomic E-state index is 13.9. The molecule has 0 saturated carbocycles. The molecular formula is C30H29ClFN5O2S. The van der Waals surface area contributed by atoms with Gasteiger partial charge in [-0.2, -0.15) is 5.10 Å². The summed E-state index contributed by atoms with van der Waals surface area (Å²) in [6.07, 6.45) is 1.66. The van der Waals surface area contributed by atoms with E-state index in [1.807, 2.05) is 36.4 Å². The highest BCUT2D eigenvalue weighted by molar-refractivity contribution is 8.00. The third-order valence-electron chi connectivity index (χ3n) is 6.52. The SMILES string of the molecule is CC(C)(C)c1nn(-c2ccc(F)cc2)c2c1[C@H](c1cccc(Cl)c1)SCC(=O)N2CC(=O)NCc1ccccn1. The highest BCUT2D eigenvalue weighted by Gasteiger charge is 2.40. The fraction of sp³-hybridized carbons (Fsp3) is 0.267. The number of aromatic nitrogens is 3. The van der Waals surface area contributed by atoms with Gasteiger partial charge in [0.2, 0.25) is 11.8 Å². The van der Waals surface area contributed by atoms with Gasteiger partial charge in [0.25, 0.3) is 0 Å². The van der Waals surface area contributed by atoms with Gasteiger partial charge in [-0.25, -0.2) is 9.07 Å². The molecule has 4 aromatic rings. The van der Waals surface area contributed by atoms with Gasteiger partial charge in [0.05, 0.1) is 34.6 Å². The molecule has 0 radical (unpaired) electrons. The fourth-order valence-electron chi connectivity index (χ4n) is 4.66. The summed E-state index contributed by atoms with van der Waals surface area (Å²) in [7, 11) is 0. The van der Waals surface area contributed by atoms with Gasteiger partial charge >= 0.3 is 0 Å². The van der Waals surface area contributed by atoms with Crippen molar-refractivity contribution >= 4 is 41.0 Å². The second-order valence-electron chi connectivity index (χ2n) is 10.5. The van der Waals surface area contributed by atoms with Crippen molar-refractivity contribution in [1.29, 1.82) is 0 Å². The summed E-state index contributed by atoms with van der Waals surface area (Å²) < 4.78 is 15.5. The Morgan fingerprint density at radius 3 is 2.58 bits per heavy atom. The van der Waals surface area contributed by atoms with E-state index in [9.17, 15) is 14.0 Å². The van der Waals surface area contributed by atoms with Crippen LogP contribution in [0.3, 0.4) is 0 Å². The summed E-state index contributed by atoms with van der Waals surface area (Å²) >= 11 is 7.86. The summed E-state index contributed by atoms with van der Waals surface area (Å²) in [5, 5.41) is 8.19. The minimum absolute atomic E-state index is 0.145. The van der Waals surface area contributed by atoms with E-state index in [1.54, 1.807) is 29.1 Å². The molecule has 1 aliphatic heterocycles. The lowest BCUT2D eigenvalue weighted by Gasteiger charge is -2.24. The number of halogens is 2. The first-order valence-electron chi connectivity index (χ1n) is 12.8. The Morgan fingerprint density at radius 2 is 1.90 bits per heavy atom. The molecule has 1 atom stereocenters. The Bertz CT molecular complexity index is 1540. The largest absolute Gasteiger partial charge is 0.349 e. The number of benzene rings is 2. The third-order valence-corrected chi connectivity index (χ3v) is 8.01. The van der Waals surface area contributed by atoms with Gasteiger partial charge in [0, 0.05) is 22.2 Å². The molecular weight excluding hydrogens is 549 g/mol. The molecule has 0 unspecified atom stereocenters. The highest BCUT2D eigenvalue weighted by Crippen LogP contribution is 2.48. The molecule has 0 fully saturated rings. The lowest BCUT2D eigenvalue weighted by molar-refractivity contribution is -0.123. The van der Waals surface area contributed by atoms with Gasteiger partial charge < -0.3 is 5.32 Å². The number of pyridine rings is 1. The Balaban J connectivity index is 1.65. The van der Waals surface area contributed by atoms with Gasteiger partial charge in [-0.1, -0.05) is 50.6 Å². The maximum absolute atomic E-state index is 13.9. The van der Waals surface area contributed by atoms with E-state index in [2.05, 4.69) is 31.1 Å². The van der Waals surface area contributed by atoms with Crippen LogP contribution in [0.4, 0.5) is 10.2 Å². The van der Waals surface area contributed by atoms with Crippen LogP contribution >= 0.6 is 23.4 Å². The summed E-state index contributed by atoms with van der Waals surface area (Å²) in [6.45, 7) is 6.19. The first kappa shape index (κ1) is 27.9. The summed E-state index contributed by atoms with van der Waals surface area (Å²) in [5.74, 6) is -0.309. The van der Waals surface area contributed by atoms with Crippen LogP contribution in [0.25, 0.3) is 5.69 Å². The molecule has 10 heteroatoms. The van der Waals surface area contributed by atoms with Gasteiger partial charge in [0.1, 0.15) is 18.2 Å². The third kappa shape index (κ3) is 5.90. The second kappa shape index (κ2) is 11.4. The van der Waals surface area contributed by atoms with E-state index in [1.165, 1.54) is 28.8 Å². The maximum Gasteiger partial charge on any atom is 0.240 e. The number of rotatable bonds is 6. The van der Waals surface area contributed by atoms with Crippen molar-refractivity contribution in [1.82, 2.24) is 20.1 Å². The van der Waals surface area contributed by atoms with E-state index in [0.29, 0.717) is 22.2 Å². The molecule has 7 nitrogen and oxygen atoms in total. The predicted octanol–water partition coefficient (Wildman–Crippen LogP) is 5.84. The van der Waals surface area contributed by atoms with Crippen molar-refractivity contribution < 1.29 is 14.0 Å². The molecule has 3 heterocycles. The molecule has 1 aliphatic rings. The van der Waals surface area contributed by atoms with Crippen molar-refractivity contribution in [2.24, 2.45) is 0 Å². The van der Waals surface area contributed by atoms with Crippen LogP contribution in [-0.4, -0.2) is 38.9 Å². The number of anilines is 1. The predicted molar refractivity (Wildman–Crippen MR) is 156 cm³/mol. The Morgan fingerprint density at radius 1 is 1.12 bits per heavy atom. The number of carbonyl (C=O) groups is 2. The van der Waals surface area contributed by atoms with Gasteiger partial charge in [-0.3, -0.25) is 19.5 Å². The van der Waals surface area contributed by atoms with Gasteiger partial charge in [-0.05, 0) is 54.1 Å². The van der Waals surface area contributed by atoms with E-state index < -0.39 is 5.41 Å². The van der Waals surface area contributed by atoms with Crippen LogP contribution in [0, 0.1) is 5.82 Å². The van der Waals surface area contributed by atoms with Crippen molar-refractivity contribution in [2.45, 2.75) is 38.0 Å². The minimum atomic E-state index is -0.410. The number of thioether (sulfide) groups is 1. The van der Waals surface area contributed by atoms with Crippen molar-refractivity contribution in [3.8, 4) is 5.69 Å². The van der Waals surface area contributed by atoms with E-state index >= 15 is 0 Å². The Kier molecular flexibility index (Phi) is 7.96. The standard InChI is InChI=1S/C30H29ClFN5O2S/c1-30(2,3)28-26-27(19-7-6-8-20(31)15-19)40-18-25(39)36(17-24(38)34-16-22-9-4-5-14-33-22)29(26)37(35-28)23-12-10-21(32)11-13-23/h4-15,27H,16-18H2,1-3H3,(H,34,38)/t27-/m0/s1. The molecule has 2 amide bonds. The number of nitrogens with one attached hydrogen (secondary N) is 1. The summed E-state index contributed by atoms with van der Waals surface area (Å²) in [5.41, 5.74) is 3.41. The molecule has 206 valence electrons. The van der Waals surface area contributed by atoms with Crippen molar-refractivity contribution in [3.63, 3.8) is 0 Å². The quantitative estimate of drug-likeness (QED) is 0.311. The highest BCUT2D eigenvalue weighted by atomic mass is 35.5.